The van der Waals surface area contributed by atoms with Crippen LogP contribution in [-0.4, -0.2) is 10.9 Å². The predicted octanol–water partition coefficient (Wildman–Crippen LogP) is 2.27. The highest BCUT2D eigenvalue weighted by molar-refractivity contribution is 6.38. The SMILES string of the molecule is NC(=O)c1cnc2cc(F)c(F)cc2c1Cl. The van der Waals surface area contributed by atoms with Crippen molar-refractivity contribution < 1.29 is 13.6 Å². The van der Waals surface area contributed by atoms with Gasteiger partial charge in [-0.15, -0.1) is 0 Å². The highest BCUT2D eigenvalue weighted by atomic mass is 35.5. The van der Waals surface area contributed by atoms with E-state index in [-0.39, 0.29) is 21.5 Å². The number of pyridine rings is 1. The maximum absolute atomic E-state index is 13.0. The van der Waals surface area contributed by atoms with Gasteiger partial charge in [-0.25, -0.2) is 8.78 Å². The molecule has 0 fully saturated rings. The van der Waals surface area contributed by atoms with Gasteiger partial charge in [-0.05, 0) is 6.07 Å². The van der Waals surface area contributed by atoms with Gasteiger partial charge in [-0.3, -0.25) is 9.78 Å². The zero-order valence-corrected chi connectivity index (χ0v) is 8.55. The number of aromatic nitrogens is 1. The molecule has 2 aromatic rings. The highest BCUT2D eigenvalue weighted by Gasteiger charge is 2.13. The van der Waals surface area contributed by atoms with Crippen LogP contribution < -0.4 is 5.73 Å². The molecule has 0 aliphatic heterocycles. The van der Waals surface area contributed by atoms with Gasteiger partial charge in [0, 0.05) is 17.6 Å². The minimum absolute atomic E-state index is 0.0276. The van der Waals surface area contributed by atoms with E-state index < -0.39 is 17.5 Å². The Bertz CT molecular complexity index is 601. The molecule has 1 heterocycles. The monoisotopic (exact) mass is 242 g/mol. The fourth-order valence-electron chi connectivity index (χ4n) is 1.33. The summed E-state index contributed by atoms with van der Waals surface area (Å²) in [4.78, 5) is 14.7. The maximum Gasteiger partial charge on any atom is 0.251 e. The highest BCUT2D eigenvalue weighted by Crippen LogP contribution is 2.27. The molecule has 0 unspecified atom stereocenters. The Labute approximate surface area is 93.8 Å². The number of benzene rings is 1. The largest absolute Gasteiger partial charge is 0.366 e. The molecular formula is C10H5ClF2N2O. The first-order valence-electron chi connectivity index (χ1n) is 4.23. The van der Waals surface area contributed by atoms with Gasteiger partial charge in [0.2, 0.25) is 0 Å². The Balaban J connectivity index is 2.84. The van der Waals surface area contributed by atoms with E-state index in [1.54, 1.807) is 0 Å². The van der Waals surface area contributed by atoms with Gasteiger partial charge >= 0.3 is 0 Å². The summed E-state index contributed by atoms with van der Waals surface area (Å²) < 4.78 is 25.9. The summed E-state index contributed by atoms with van der Waals surface area (Å²) in [5.74, 6) is -2.86. The maximum atomic E-state index is 13.0. The number of rotatable bonds is 1. The van der Waals surface area contributed by atoms with E-state index in [0.29, 0.717) is 0 Å². The lowest BCUT2D eigenvalue weighted by Gasteiger charge is -2.04. The predicted molar refractivity (Wildman–Crippen MR) is 55.2 cm³/mol. The fraction of sp³-hybridized carbons (Fsp3) is 0. The van der Waals surface area contributed by atoms with Crippen LogP contribution in [0.15, 0.2) is 18.3 Å². The van der Waals surface area contributed by atoms with Gasteiger partial charge in [0.05, 0.1) is 16.1 Å². The zero-order valence-electron chi connectivity index (χ0n) is 7.80. The van der Waals surface area contributed by atoms with Crippen LogP contribution in [0.3, 0.4) is 0 Å². The van der Waals surface area contributed by atoms with Crippen molar-refractivity contribution >= 4 is 28.4 Å². The molecule has 2 N–H and O–H groups in total. The van der Waals surface area contributed by atoms with Gasteiger partial charge in [0.15, 0.2) is 11.6 Å². The lowest BCUT2D eigenvalue weighted by molar-refractivity contribution is 0.100. The molecule has 0 radical (unpaired) electrons. The number of nitrogens with zero attached hydrogens (tertiary/aromatic N) is 1. The summed E-state index contributed by atoms with van der Waals surface area (Å²) in [5, 5.41) is 0.119. The van der Waals surface area contributed by atoms with Crippen LogP contribution in [0.2, 0.25) is 5.02 Å². The van der Waals surface area contributed by atoms with E-state index in [2.05, 4.69) is 4.98 Å². The molecular weight excluding hydrogens is 238 g/mol. The van der Waals surface area contributed by atoms with Crippen LogP contribution in [0.25, 0.3) is 10.9 Å². The molecule has 0 aliphatic carbocycles. The molecule has 0 atom stereocenters. The van der Waals surface area contributed by atoms with Gasteiger partial charge < -0.3 is 5.73 Å². The van der Waals surface area contributed by atoms with Crippen molar-refractivity contribution in [1.82, 2.24) is 4.98 Å². The quantitative estimate of drug-likeness (QED) is 0.834. The van der Waals surface area contributed by atoms with E-state index >= 15 is 0 Å². The van der Waals surface area contributed by atoms with Gasteiger partial charge in [-0.2, -0.15) is 0 Å². The lowest BCUT2D eigenvalue weighted by Crippen LogP contribution is -2.12. The summed E-state index contributed by atoms with van der Waals surface area (Å²) in [6, 6.07) is 1.79. The normalized spacial score (nSPS) is 10.7. The number of primary amides is 1. The fourth-order valence-corrected chi connectivity index (χ4v) is 1.62. The molecule has 0 saturated carbocycles. The van der Waals surface area contributed by atoms with Gasteiger partial charge in [0.25, 0.3) is 5.91 Å². The number of amides is 1. The second-order valence-electron chi connectivity index (χ2n) is 3.13. The van der Waals surface area contributed by atoms with Crippen molar-refractivity contribution in [2.45, 2.75) is 0 Å². The second kappa shape index (κ2) is 3.68. The third-order valence-electron chi connectivity index (χ3n) is 2.11. The number of halogens is 3. The number of hydrogen-bond donors (Lipinski definition) is 1. The summed E-state index contributed by atoms with van der Waals surface area (Å²) in [6.45, 7) is 0. The van der Waals surface area contributed by atoms with Crippen LogP contribution >= 0.6 is 11.6 Å². The van der Waals surface area contributed by atoms with Crippen LogP contribution in [0, 0.1) is 11.6 Å². The molecule has 0 saturated heterocycles. The molecule has 6 heteroatoms. The second-order valence-corrected chi connectivity index (χ2v) is 3.51. The van der Waals surface area contributed by atoms with E-state index in [1.807, 2.05) is 0 Å². The standard InChI is InChI=1S/C10H5ClF2N2O/c11-9-4-1-6(12)7(13)2-8(4)15-3-5(9)10(14)16/h1-3H,(H2,14,16). The van der Waals surface area contributed by atoms with E-state index in [1.165, 1.54) is 0 Å². The summed E-state index contributed by atoms with van der Waals surface area (Å²) >= 11 is 5.83. The molecule has 16 heavy (non-hydrogen) atoms. The first-order valence-corrected chi connectivity index (χ1v) is 4.61. The minimum Gasteiger partial charge on any atom is -0.366 e. The number of hydrogen-bond acceptors (Lipinski definition) is 2. The molecule has 1 aromatic heterocycles. The molecule has 3 nitrogen and oxygen atoms in total. The molecule has 0 bridgehead atoms. The Hall–Kier alpha value is -1.75. The molecule has 1 amide bonds. The number of carbonyl (C=O) groups excluding carboxylic acids is 1. The first kappa shape index (κ1) is 10.8. The Morgan fingerprint density at radius 3 is 2.56 bits per heavy atom. The summed E-state index contributed by atoms with van der Waals surface area (Å²) in [5.41, 5.74) is 5.18. The van der Waals surface area contributed by atoms with E-state index in [9.17, 15) is 13.6 Å². The van der Waals surface area contributed by atoms with E-state index in [4.69, 9.17) is 17.3 Å². The average molecular weight is 243 g/mol. The minimum atomic E-state index is -1.06. The van der Waals surface area contributed by atoms with Gasteiger partial charge in [0.1, 0.15) is 0 Å². The Morgan fingerprint density at radius 1 is 1.31 bits per heavy atom. The Kier molecular flexibility index (Phi) is 2.47. The van der Waals surface area contributed by atoms with E-state index in [0.717, 1.165) is 18.3 Å². The zero-order chi connectivity index (χ0) is 11.9. The first-order chi connectivity index (χ1) is 7.50. The van der Waals surface area contributed by atoms with Crippen LogP contribution in [0.1, 0.15) is 10.4 Å². The van der Waals surface area contributed by atoms with Crippen LogP contribution in [0.4, 0.5) is 8.78 Å². The lowest BCUT2D eigenvalue weighted by atomic mass is 10.1. The average Bonchev–Trinajstić information content (AvgIpc) is 2.21. The summed E-state index contributed by atoms with van der Waals surface area (Å²) in [6.07, 6.45) is 1.13. The molecule has 1 aromatic carbocycles. The van der Waals surface area contributed by atoms with Crippen molar-refractivity contribution in [1.29, 1.82) is 0 Å². The van der Waals surface area contributed by atoms with Crippen LogP contribution in [0.5, 0.6) is 0 Å². The molecule has 0 aliphatic rings. The number of nitrogens with two attached hydrogens (primary N) is 1. The third-order valence-corrected chi connectivity index (χ3v) is 2.52. The summed E-state index contributed by atoms with van der Waals surface area (Å²) in [7, 11) is 0. The van der Waals surface area contributed by atoms with Crippen molar-refractivity contribution in [2.75, 3.05) is 0 Å². The van der Waals surface area contributed by atoms with Gasteiger partial charge in [-0.1, -0.05) is 11.6 Å². The number of fused-ring (bicyclic) bond motifs is 1. The molecule has 2 rings (SSSR count). The van der Waals surface area contributed by atoms with Crippen molar-refractivity contribution in [3.63, 3.8) is 0 Å². The number of carbonyl (C=O) groups is 1. The van der Waals surface area contributed by atoms with Crippen molar-refractivity contribution in [3.8, 4) is 0 Å². The topological polar surface area (TPSA) is 56.0 Å². The molecule has 82 valence electrons. The smallest absolute Gasteiger partial charge is 0.251 e. The van der Waals surface area contributed by atoms with Crippen molar-refractivity contribution in [3.05, 3.63) is 40.6 Å². The Morgan fingerprint density at radius 2 is 1.94 bits per heavy atom. The molecule has 0 spiro atoms. The third kappa shape index (κ3) is 1.59. The van der Waals surface area contributed by atoms with Crippen LogP contribution in [-0.2, 0) is 0 Å². The van der Waals surface area contributed by atoms with Crippen molar-refractivity contribution in [2.24, 2.45) is 5.73 Å².